The van der Waals surface area contributed by atoms with Gasteiger partial charge in [-0.2, -0.15) is 0 Å². The second-order valence-corrected chi connectivity index (χ2v) is 15.0. The zero-order valence-corrected chi connectivity index (χ0v) is 28.8. The van der Waals surface area contributed by atoms with Crippen LogP contribution in [0, 0.1) is 5.92 Å². The van der Waals surface area contributed by atoms with Crippen LogP contribution >= 0.6 is 0 Å². The van der Waals surface area contributed by atoms with Crippen LogP contribution in [-0.2, 0) is 14.9 Å². The van der Waals surface area contributed by atoms with Crippen LogP contribution in [0.1, 0.15) is 48.1 Å². The van der Waals surface area contributed by atoms with E-state index < -0.39 is 59.0 Å². The average Bonchev–Trinajstić information content (AvgIpc) is 3.50. The number of hydrogen-bond acceptors (Lipinski definition) is 14. The number of fused-ring (bicyclic) bond motifs is 6. The Kier molecular flexibility index (Phi) is 6.48. The summed E-state index contributed by atoms with van der Waals surface area (Å²) >= 11 is 0. The van der Waals surface area contributed by atoms with Gasteiger partial charge in [-0.1, -0.05) is 18.2 Å². The standard InChI is InChI=1S/C38H38N2O13/c1-39-25-16-7-10-37(47)35(14-16)24-19(25)13-21(48-2)28(49-3)30(24)50-33(35)23-18(15-5-4-6-17(41)11-15)12-20-26(29(23)52-37)40-22-8-9-36(34(45)46)31(43)27(42)32(44)38(22,51-20)53-36/h4-6,8-9,11-13,16,22,25,27,31-33,39-44,47H,7,10,14H2,1-3H3,(H,45,46). The van der Waals surface area contributed by atoms with Crippen molar-refractivity contribution in [3.8, 4) is 45.6 Å². The van der Waals surface area contributed by atoms with Gasteiger partial charge in [-0.3, -0.25) is 0 Å². The Morgan fingerprint density at radius 3 is 2.58 bits per heavy atom. The molecule has 0 aromatic heterocycles. The number of hydrogen-bond donors (Lipinski definition) is 8. The Balaban J connectivity index is 1.24. The summed E-state index contributed by atoms with van der Waals surface area (Å²) in [4.78, 5) is 12.5. The lowest BCUT2D eigenvalue weighted by Crippen LogP contribution is -2.79. The number of carboxylic acid groups (broad SMARTS) is 1. The SMILES string of the molecule is CNC1c2cc(OC)c(OC)c3c2C24CC1CCC2(O)Oc1c2c(cc(-c5cccc(O)c5)c1C4O3)OC13OC(C(=O)O)(C=CC1N2)C(O)C(O)C3O. The highest BCUT2D eigenvalue weighted by Gasteiger charge is 2.74. The normalized spacial score (nSPS) is 38.7. The van der Waals surface area contributed by atoms with Crippen LogP contribution in [0.4, 0.5) is 5.69 Å². The van der Waals surface area contributed by atoms with Crippen molar-refractivity contribution in [2.45, 2.75) is 78.4 Å². The van der Waals surface area contributed by atoms with Gasteiger partial charge in [0.1, 0.15) is 41.2 Å². The Morgan fingerprint density at radius 1 is 1.06 bits per heavy atom. The number of nitrogens with one attached hydrogen (secondary N) is 2. The molecule has 7 aliphatic rings. The molecule has 8 N–H and O–H groups in total. The van der Waals surface area contributed by atoms with Gasteiger partial charge < -0.3 is 69.7 Å². The van der Waals surface area contributed by atoms with Crippen molar-refractivity contribution in [3.05, 3.63) is 65.2 Å². The minimum atomic E-state index is -2.43. The molecule has 2 spiro atoms. The van der Waals surface area contributed by atoms with Crippen molar-refractivity contribution in [1.82, 2.24) is 5.32 Å². The molecule has 53 heavy (non-hydrogen) atoms. The number of ether oxygens (including phenoxy) is 6. The van der Waals surface area contributed by atoms with Crippen LogP contribution in [0.25, 0.3) is 11.1 Å². The van der Waals surface area contributed by atoms with E-state index in [0.717, 1.165) is 17.2 Å². The number of phenolic OH excluding ortho intramolecular Hbond substituents is 1. The van der Waals surface area contributed by atoms with Crippen LogP contribution in [0.3, 0.4) is 0 Å². The Hall–Kier alpha value is -4.77. The third-order valence-corrected chi connectivity index (χ3v) is 12.7. The fourth-order valence-corrected chi connectivity index (χ4v) is 10.4. The lowest BCUT2D eigenvalue weighted by atomic mass is 9.51. The van der Waals surface area contributed by atoms with Crippen molar-refractivity contribution in [2.75, 3.05) is 26.6 Å². The van der Waals surface area contributed by atoms with Crippen molar-refractivity contribution < 1.29 is 63.9 Å². The molecule has 2 fully saturated rings. The number of carboxylic acids is 1. The molecule has 15 heteroatoms. The van der Waals surface area contributed by atoms with E-state index in [0.29, 0.717) is 46.8 Å². The Bertz CT molecular complexity index is 2160. The maximum atomic E-state index is 13.0. The van der Waals surface area contributed by atoms with Crippen molar-refractivity contribution in [1.29, 1.82) is 0 Å². The topological polar surface area (TPSA) is 218 Å². The van der Waals surface area contributed by atoms with E-state index in [1.807, 2.05) is 13.1 Å². The van der Waals surface area contributed by atoms with Crippen LogP contribution in [-0.4, -0.2) is 99.4 Å². The molecule has 11 atom stereocenters. The van der Waals surface area contributed by atoms with Crippen molar-refractivity contribution >= 4 is 11.7 Å². The molecule has 10 rings (SSSR count). The number of benzene rings is 3. The molecule has 15 nitrogen and oxygen atoms in total. The lowest BCUT2D eigenvalue weighted by molar-refractivity contribution is -0.356. The second kappa shape index (κ2) is 10.5. The maximum absolute atomic E-state index is 13.0. The highest BCUT2D eigenvalue weighted by Crippen LogP contribution is 2.74. The number of aliphatic hydroxyl groups excluding tert-OH is 3. The van der Waals surface area contributed by atoms with Gasteiger partial charge in [0.2, 0.25) is 17.1 Å². The molecule has 5 heterocycles. The summed E-state index contributed by atoms with van der Waals surface area (Å²) in [6.45, 7) is 0. The van der Waals surface area contributed by atoms with E-state index in [4.69, 9.17) is 28.4 Å². The number of aromatic hydroxyl groups is 1. The average molecular weight is 731 g/mol. The molecule has 5 aliphatic heterocycles. The highest BCUT2D eigenvalue weighted by atomic mass is 16.7. The first-order chi connectivity index (χ1) is 25.4. The predicted molar refractivity (Wildman–Crippen MR) is 182 cm³/mol. The van der Waals surface area contributed by atoms with Crippen LogP contribution < -0.4 is 34.3 Å². The van der Waals surface area contributed by atoms with Crippen molar-refractivity contribution in [2.24, 2.45) is 5.92 Å². The van der Waals surface area contributed by atoms with Gasteiger partial charge in [-0.15, -0.1) is 0 Å². The zero-order valence-electron chi connectivity index (χ0n) is 28.8. The quantitative estimate of drug-likeness (QED) is 0.176. The van der Waals surface area contributed by atoms with Crippen LogP contribution in [0.15, 0.2) is 48.6 Å². The van der Waals surface area contributed by atoms with E-state index in [1.165, 1.54) is 19.3 Å². The van der Waals surface area contributed by atoms with Crippen LogP contribution in [0.5, 0.6) is 34.5 Å². The molecule has 4 bridgehead atoms. The molecule has 1 saturated heterocycles. The van der Waals surface area contributed by atoms with E-state index in [9.17, 15) is 35.4 Å². The molecule has 278 valence electrons. The van der Waals surface area contributed by atoms with E-state index >= 15 is 0 Å². The largest absolute Gasteiger partial charge is 0.508 e. The first-order valence-corrected chi connectivity index (χ1v) is 17.6. The molecule has 3 aromatic carbocycles. The first-order valence-electron chi connectivity index (χ1n) is 17.6. The molecule has 0 amide bonds. The van der Waals surface area contributed by atoms with E-state index in [-0.39, 0.29) is 41.3 Å². The smallest absolute Gasteiger partial charge is 0.343 e. The summed E-state index contributed by atoms with van der Waals surface area (Å²) in [5.41, 5.74) is -0.0809. The minimum Gasteiger partial charge on any atom is -0.508 e. The second-order valence-electron chi connectivity index (χ2n) is 15.0. The summed E-state index contributed by atoms with van der Waals surface area (Å²) in [5, 5.41) is 73.9. The number of carbonyl (C=O) groups is 1. The molecule has 0 radical (unpaired) electrons. The summed E-state index contributed by atoms with van der Waals surface area (Å²) in [6, 6.07) is 8.93. The Labute approximate surface area is 302 Å². The van der Waals surface area contributed by atoms with Gasteiger partial charge in [0.25, 0.3) is 5.79 Å². The van der Waals surface area contributed by atoms with Gasteiger partial charge in [0.15, 0.2) is 29.1 Å². The van der Waals surface area contributed by atoms with Crippen molar-refractivity contribution in [3.63, 3.8) is 0 Å². The number of aliphatic hydroxyl groups is 4. The number of anilines is 1. The molecule has 11 unspecified atom stereocenters. The molecule has 1 saturated carbocycles. The molecular formula is C38H38N2O13. The summed E-state index contributed by atoms with van der Waals surface area (Å²) in [5.74, 6) is -4.09. The number of phenols is 1. The fraction of sp³-hybridized carbons (Fsp3) is 0.447. The minimum absolute atomic E-state index is 0.0261. The predicted octanol–water partition coefficient (Wildman–Crippen LogP) is 1.98. The summed E-state index contributed by atoms with van der Waals surface area (Å²) in [7, 11) is 4.99. The van der Waals surface area contributed by atoms with Gasteiger partial charge in [-0.05, 0) is 72.8 Å². The summed E-state index contributed by atoms with van der Waals surface area (Å²) < 4.78 is 38.2. The van der Waals surface area contributed by atoms with Gasteiger partial charge in [-0.25, -0.2) is 4.79 Å². The highest BCUT2D eigenvalue weighted by molar-refractivity contribution is 5.86. The molecule has 3 aromatic rings. The third kappa shape index (κ3) is 3.72. The maximum Gasteiger partial charge on any atom is 0.343 e. The Morgan fingerprint density at radius 2 is 1.87 bits per heavy atom. The van der Waals surface area contributed by atoms with E-state index in [1.54, 1.807) is 31.4 Å². The lowest BCUT2D eigenvalue weighted by Gasteiger charge is -2.60. The fourth-order valence-electron chi connectivity index (χ4n) is 10.4. The van der Waals surface area contributed by atoms with Gasteiger partial charge in [0, 0.05) is 23.6 Å². The number of methoxy groups -OCH3 is 2. The molecular weight excluding hydrogens is 692 g/mol. The number of rotatable bonds is 5. The molecule has 2 aliphatic carbocycles. The van der Waals surface area contributed by atoms with Gasteiger partial charge >= 0.3 is 5.97 Å². The third-order valence-electron chi connectivity index (χ3n) is 12.7. The zero-order chi connectivity index (χ0) is 37.0. The first kappa shape index (κ1) is 32.8. The van der Waals surface area contributed by atoms with E-state index in [2.05, 4.69) is 10.6 Å². The van der Waals surface area contributed by atoms with Gasteiger partial charge in [0.05, 0.1) is 14.2 Å². The monoisotopic (exact) mass is 730 g/mol. The summed E-state index contributed by atoms with van der Waals surface area (Å²) in [6.07, 6.45) is -2.88. The number of aliphatic carboxylic acids is 1. The van der Waals surface area contributed by atoms with Crippen LogP contribution in [0.2, 0.25) is 0 Å².